The molecule has 0 aliphatic heterocycles. The Morgan fingerprint density at radius 2 is 1.42 bits per heavy atom. The highest BCUT2D eigenvalue weighted by molar-refractivity contribution is 4.93. The summed E-state index contributed by atoms with van der Waals surface area (Å²) in [5.41, 5.74) is 0. The maximum Gasteiger partial charge on any atom is 0.458 e. The van der Waals surface area contributed by atoms with E-state index in [0.717, 1.165) is 0 Å². The Bertz CT molecular complexity index is 498. The number of hydrogen-bond acceptors (Lipinski definition) is 3. The van der Waals surface area contributed by atoms with Crippen molar-refractivity contribution >= 4 is 0 Å². The summed E-state index contributed by atoms with van der Waals surface area (Å²) in [5.74, 6) is -12.5. The van der Waals surface area contributed by atoms with Crippen molar-refractivity contribution in [1.29, 1.82) is 5.26 Å². The van der Waals surface area contributed by atoms with E-state index in [4.69, 9.17) is 5.26 Å². The Hall–Kier alpha value is -1.62. The van der Waals surface area contributed by atoms with E-state index in [1.54, 1.807) is 0 Å². The lowest BCUT2D eigenvalue weighted by Gasteiger charge is -2.37. The van der Waals surface area contributed by atoms with Gasteiger partial charge in [0.1, 0.15) is 6.07 Å². The van der Waals surface area contributed by atoms with E-state index in [1.807, 2.05) is 4.74 Å². The van der Waals surface area contributed by atoms with Gasteiger partial charge < -0.3 is 0 Å². The average Bonchev–Trinajstić information content (AvgIpc) is 2.35. The number of alkyl halides is 11. The highest BCUT2D eigenvalue weighted by Gasteiger charge is 2.80. The molecule has 0 aliphatic rings. The van der Waals surface area contributed by atoms with E-state index < -0.39 is 42.9 Å². The van der Waals surface area contributed by atoms with Crippen molar-refractivity contribution in [2.45, 2.75) is 42.9 Å². The molecular weight excluding hydrogens is 375 g/mol. The lowest BCUT2D eigenvalue weighted by Crippen LogP contribution is -2.63. The van der Waals surface area contributed by atoms with Crippen molar-refractivity contribution in [2.75, 3.05) is 0 Å². The molecule has 0 radical (unpaired) electrons. The Morgan fingerprint density at radius 3 is 1.75 bits per heavy atom. The molecule has 0 spiro atoms. The molecule has 0 saturated carbocycles. The molecule has 0 aromatic rings. The summed E-state index contributed by atoms with van der Waals surface area (Å²) in [7, 11) is 0. The average molecular weight is 381 g/mol. The minimum absolute atomic E-state index is 0.0622. The van der Waals surface area contributed by atoms with E-state index in [1.165, 1.54) is 0 Å². The summed E-state index contributed by atoms with van der Waals surface area (Å²) in [4.78, 5) is 0. The highest BCUT2D eigenvalue weighted by Crippen LogP contribution is 2.52. The Labute approximate surface area is 126 Å². The second-order valence-electron chi connectivity index (χ2n) is 3.99. The molecule has 2 unspecified atom stereocenters. The summed E-state index contributed by atoms with van der Waals surface area (Å²) in [5, 5.41) is 7.79. The van der Waals surface area contributed by atoms with Gasteiger partial charge in [0.15, 0.2) is 0 Å². The van der Waals surface area contributed by atoms with Crippen LogP contribution in [0.1, 0.15) is 6.42 Å². The van der Waals surface area contributed by atoms with Gasteiger partial charge >= 0.3 is 30.2 Å². The fraction of sp³-hybridized carbons (Fsp3) is 0.700. The predicted molar refractivity (Wildman–Crippen MR) is 52.2 cm³/mol. The van der Waals surface area contributed by atoms with Crippen LogP contribution in [0.5, 0.6) is 0 Å². The van der Waals surface area contributed by atoms with Crippen LogP contribution < -0.4 is 0 Å². The van der Waals surface area contributed by atoms with Crippen LogP contribution in [0.25, 0.3) is 0 Å². The van der Waals surface area contributed by atoms with E-state index in [2.05, 4.69) is 11.3 Å². The van der Waals surface area contributed by atoms with E-state index in [9.17, 15) is 48.3 Å². The zero-order valence-corrected chi connectivity index (χ0v) is 11.0. The van der Waals surface area contributed by atoms with E-state index >= 15 is 0 Å². The standard InChI is InChI=1S/C10H6F11NO2/c1-2-3-6(12,13)9(18,19)24-7(14,8(15,16)17)10(20,21)23-5(11)4-22/h2,5H,1,3H2. The van der Waals surface area contributed by atoms with Gasteiger partial charge in [0, 0.05) is 6.42 Å². The fourth-order valence-corrected chi connectivity index (χ4v) is 1.07. The first-order valence-corrected chi connectivity index (χ1v) is 5.39. The minimum Gasteiger partial charge on any atom is -0.267 e. The third-order valence-corrected chi connectivity index (χ3v) is 2.19. The number of nitriles is 1. The number of halogens is 11. The van der Waals surface area contributed by atoms with Crippen LogP contribution in [0.3, 0.4) is 0 Å². The summed E-state index contributed by atoms with van der Waals surface area (Å²) in [6.07, 6.45) is -26.1. The zero-order valence-electron chi connectivity index (χ0n) is 11.0. The Balaban J connectivity index is 5.97. The molecule has 0 saturated heterocycles. The number of hydrogen-bond donors (Lipinski definition) is 0. The molecule has 0 aliphatic carbocycles. The summed E-state index contributed by atoms with van der Waals surface area (Å²) >= 11 is 0. The van der Waals surface area contributed by atoms with E-state index in [0.29, 0.717) is 0 Å². The van der Waals surface area contributed by atoms with Gasteiger partial charge in [-0.3, -0.25) is 9.47 Å². The lowest BCUT2D eigenvalue weighted by atomic mass is 10.2. The molecule has 24 heavy (non-hydrogen) atoms. The molecule has 0 aromatic heterocycles. The minimum atomic E-state index is -7.08. The SMILES string of the molecule is C=CCC(F)(F)C(F)(F)OC(F)(C(F)(F)F)C(F)(F)OC(F)C#N. The van der Waals surface area contributed by atoms with Crippen LogP contribution in [0.2, 0.25) is 0 Å². The van der Waals surface area contributed by atoms with Crippen LogP contribution in [-0.4, -0.2) is 36.5 Å². The first kappa shape index (κ1) is 22.4. The van der Waals surface area contributed by atoms with Crippen molar-refractivity contribution in [3.63, 3.8) is 0 Å². The molecule has 0 rings (SSSR count). The van der Waals surface area contributed by atoms with Gasteiger partial charge in [-0.25, -0.2) is 0 Å². The Kier molecular flexibility index (Phi) is 6.26. The number of allylic oxidation sites excluding steroid dienone is 1. The molecule has 0 heterocycles. The van der Waals surface area contributed by atoms with Gasteiger partial charge in [-0.05, 0) is 0 Å². The molecule has 0 aromatic carbocycles. The van der Waals surface area contributed by atoms with Gasteiger partial charge in [0.2, 0.25) is 0 Å². The van der Waals surface area contributed by atoms with Crippen LogP contribution in [0.15, 0.2) is 12.7 Å². The molecule has 14 heteroatoms. The lowest BCUT2D eigenvalue weighted by molar-refractivity contribution is -0.523. The molecule has 2 atom stereocenters. The fourth-order valence-electron chi connectivity index (χ4n) is 1.07. The zero-order chi connectivity index (χ0) is 19.6. The van der Waals surface area contributed by atoms with Gasteiger partial charge in [-0.15, -0.1) is 6.58 Å². The third kappa shape index (κ3) is 4.26. The van der Waals surface area contributed by atoms with Crippen molar-refractivity contribution in [3.8, 4) is 6.07 Å². The number of ether oxygens (including phenoxy) is 2. The molecule has 0 amide bonds. The monoisotopic (exact) mass is 381 g/mol. The largest absolute Gasteiger partial charge is 0.458 e. The topological polar surface area (TPSA) is 42.2 Å². The quantitative estimate of drug-likeness (QED) is 0.461. The first-order valence-electron chi connectivity index (χ1n) is 5.39. The van der Waals surface area contributed by atoms with Crippen LogP contribution in [0.4, 0.5) is 48.3 Å². The summed E-state index contributed by atoms with van der Waals surface area (Å²) in [6, 6.07) is 0.151. The molecule has 3 nitrogen and oxygen atoms in total. The molecule has 140 valence electrons. The van der Waals surface area contributed by atoms with Crippen LogP contribution >= 0.6 is 0 Å². The van der Waals surface area contributed by atoms with Gasteiger partial charge in [0.25, 0.3) is 6.36 Å². The second-order valence-corrected chi connectivity index (χ2v) is 3.99. The Morgan fingerprint density at radius 1 is 0.958 bits per heavy atom. The number of nitrogens with zero attached hydrogens (tertiary/aromatic N) is 1. The van der Waals surface area contributed by atoms with Gasteiger partial charge in [0.05, 0.1) is 0 Å². The van der Waals surface area contributed by atoms with Crippen molar-refractivity contribution in [1.82, 2.24) is 0 Å². The highest BCUT2D eigenvalue weighted by atomic mass is 19.4. The van der Waals surface area contributed by atoms with Gasteiger partial charge in [-0.2, -0.15) is 53.6 Å². The van der Waals surface area contributed by atoms with Crippen molar-refractivity contribution in [3.05, 3.63) is 12.7 Å². The first-order chi connectivity index (χ1) is 10.5. The molecule has 0 fully saturated rings. The molecular formula is C10H6F11NO2. The van der Waals surface area contributed by atoms with Crippen LogP contribution in [-0.2, 0) is 9.47 Å². The maximum absolute atomic E-state index is 13.5. The molecule has 0 N–H and O–H groups in total. The molecule has 0 bridgehead atoms. The van der Waals surface area contributed by atoms with Gasteiger partial charge in [-0.1, -0.05) is 6.08 Å². The van der Waals surface area contributed by atoms with Crippen molar-refractivity contribution in [2.24, 2.45) is 0 Å². The summed E-state index contributed by atoms with van der Waals surface area (Å²) < 4.78 is 146. The normalized spacial score (nSPS) is 17.8. The third-order valence-electron chi connectivity index (χ3n) is 2.19. The maximum atomic E-state index is 13.5. The van der Waals surface area contributed by atoms with Crippen LogP contribution in [0, 0.1) is 11.3 Å². The predicted octanol–water partition coefficient (Wildman–Crippen LogP) is 4.46. The van der Waals surface area contributed by atoms with E-state index in [-0.39, 0.29) is 12.1 Å². The van der Waals surface area contributed by atoms with Crippen molar-refractivity contribution < 1.29 is 57.8 Å². The smallest absolute Gasteiger partial charge is 0.267 e. The summed E-state index contributed by atoms with van der Waals surface area (Å²) in [6.45, 7) is 2.56. The number of rotatable bonds is 8. The second kappa shape index (κ2) is 6.71.